The number of H-pyrrole nitrogens is 1. The fraction of sp³-hybridized carbons (Fsp3) is 0.292. The maximum Gasteiger partial charge on any atom is 0.416 e. The summed E-state index contributed by atoms with van der Waals surface area (Å²) < 4.78 is 44.4. The Bertz CT molecular complexity index is 1250. The first-order chi connectivity index (χ1) is 15.7. The Hall–Kier alpha value is -3.62. The fourth-order valence-corrected chi connectivity index (χ4v) is 4.05. The minimum Gasteiger partial charge on any atom is -0.497 e. The molecule has 1 aromatic heterocycles. The Labute approximate surface area is 187 Å². The molecule has 0 atom stereocenters. The Morgan fingerprint density at radius 2 is 1.88 bits per heavy atom. The van der Waals surface area contributed by atoms with E-state index in [1.807, 2.05) is 6.07 Å². The second-order valence-corrected chi connectivity index (χ2v) is 7.94. The number of carbonyl (C=O) groups is 1. The highest BCUT2D eigenvalue weighted by atomic mass is 19.4. The van der Waals surface area contributed by atoms with E-state index in [0.29, 0.717) is 12.0 Å². The van der Waals surface area contributed by atoms with Crippen LogP contribution in [0.25, 0.3) is 0 Å². The van der Waals surface area contributed by atoms with E-state index in [2.05, 4.69) is 15.5 Å². The van der Waals surface area contributed by atoms with Crippen LogP contribution in [-0.4, -0.2) is 23.2 Å². The molecule has 0 bridgehead atoms. The Balaban J connectivity index is 1.57. The minimum absolute atomic E-state index is 0.0113. The van der Waals surface area contributed by atoms with Crippen molar-refractivity contribution in [2.45, 2.75) is 38.3 Å². The lowest BCUT2D eigenvalue weighted by molar-refractivity contribution is -0.137. The zero-order chi connectivity index (χ0) is 23.6. The van der Waals surface area contributed by atoms with Gasteiger partial charge in [0.25, 0.3) is 11.5 Å². The average Bonchev–Trinajstić information content (AvgIpc) is 2.80. The number of aromatic amines is 1. The summed E-state index contributed by atoms with van der Waals surface area (Å²) in [7, 11) is 1.26. The zero-order valence-corrected chi connectivity index (χ0v) is 17.9. The summed E-state index contributed by atoms with van der Waals surface area (Å²) in [6, 6.07) is 9.85. The number of alkyl halides is 3. The van der Waals surface area contributed by atoms with Gasteiger partial charge >= 0.3 is 6.18 Å². The number of methoxy groups -OCH3 is 1. The van der Waals surface area contributed by atoms with Crippen molar-refractivity contribution < 1.29 is 22.7 Å². The van der Waals surface area contributed by atoms with Crippen molar-refractivity contribution in [1.82, 2.24) is 10.2 Å². The number of anilines is 1. The highest BCUT2D eigenvalue weighted by molar-refractivity contribution is 6.04. The van der Waals surface area contributed by atoms with E-state index in [0.717, 1.165) is 60.2 Å². The first-order valence-corrected chi connectivity index (χ1v) is 10.5. The number of halogens is 3. The first kappa shape index (κ1) is 22.6. The van der Waals surface area contributed by atoms with E-state index in [1.165, 1.54) is 13.2 Å². The highest BCUT2D eigenvalue weighted by Crippen LogP contribution is 2.34. The summed E-state index contributed by atoms with van der Waals surface area (Å²) in [6.45, 7) is 0. The van der Waals surface area contributed by atoms with Crippen LogP contribution in [0.3, 0.4) is 0 Å². The number of hydrogen-bond donors (Lipinski definition) is 2. The zero-order valence-electron chi connectivity index (χ0n) is 17.9. The maximum absolute atomic E-state index is 13.2. The molecule has 172 valence electrons. The molecule has 0 aliphatic heterocycles. The van der Waals surface area contributed by atoms with Crippen molar-refractivity contribution in [3.05, 3.63) is 86.3 Å². The number of benzene rings is 2. The van der Waals surface area contributed by atoms with Gasteiger partial charge in [0.05, 0.1) is 18.4 Å². The molecule has 4 rings (SSSR count). The second-order valence-electron chi connectivity index (χ2n) is 7.94. The quantitative estimate of drug-likeness (QED) is 0.590. The summed E-state index contributed by atoms with van der Waals surface area (Å²) in [6.07, 6.45) is -0.667. The van der Waals surface area contributed by atoms with Crippen molar-refractivity contribution in [3.63, 3.8) is 0 Å². The molecular formula is C24H22F3N3O3. The van der Waals surface area contributed by atoms with Gasteiger partial charge in [0.2, 0.25) is 0 Å². The molecule has 3 aromatic rings. The molecule has 33 heavy (non-hydrogen) atoms. The summed E-state index contributed by atoms with van der Waals surface area (Å²) in [5, 5.41) is 9.29. The smallest absolute Gasteiger partial charge is 0.416 e. The van der Waals surface area contributed by atoms with Crippen molar-refractivity contribution in [3.8, 4) is 5.75 Å². The lowest BCUT2D eigenvalue weighted by atomic mass is 9.90. The van der Waals surface area contributed by atoms with Gasteiger partial charge in [0, 0.05) is 29.3 Å². The number of nitrogens with zero attached hydrogens (tertiary/aromatic N) is 1. The van der Waals surface area contributed by atoms with Crippen LogP contribution in [0.5, 0.6) is 5.75 Å². The van der Waals surface area contributed by atoms with E-state index < -0.39 is 17.6 Å². The van der Waals surface area contributed by atoms with Gasteiger partial charge in [-0.25, -0.2) is 5.10 Å². The second kappa shape index (κ2) is 9.09. The molecule has 1 aliphatic carbocycles. The van der Waals surface area contributed by atoms with Crippen LogP contribution in [-0.2, 0) is 25.4 Å². The normalized spacial score (nSPS) is 13.3. The SMILES string of the molecule is COc1cc(NC(=O)c2cccc(Cc3n[nH]c(=O)c4c3CCCC4)c2)cc(C(F)(F)F)c1. The molecule has 2 aromatic carbocycles. The van der Waals surface area contributed by atoms with Gasteiger partial charge in [-0.2, -0.15) is 18.3 Å². The van der Waals surface area contributed by atoms with Crippen molar-refractivity contribution in [2.24, 2.45) is 0 Å². The molecule has 0 saturated heterocycles. The fourth-order valence-electron chi connectivity index (χ4n) is 4.05. The van der Waals surface area contributed by atoms with E-state index in [-0.39, 0.29) is 17.0 Å². The number of rotatable bonds is 5. The van der Waals surface area contributed by atoms with Crippen LogP contribution in [0.1, 0.15) is 51.1 Å². The van der Waals surface area contributed by atoms with Gasteiger partial charge in [-0.3, -0.25) is 9.59 Å². The summed E-state index contributed by atoms with van der Waals surface area (Å²) in [5.74, 6) is -0.558. The topological polar surface area (TPSA) is 84.1 Å². The molecule has 1 heterocycles. The highest BCUT2D eigenvalue weighted by Gasteiger charge is 2.31. The Morgan fingerprint density at radius 1 is 1.12 bits per heavy atom. The first-order valence-electron chi connectivity index (χ1n) is 10.5. The summed E-state index contributed by atoms with van der Waals surface area (Å²) in [4.78, 5) is 24.8. The third-order valence-corrected chi connectivity index (χ3v) is 5.67. The number of nitrogens with one attached hydrogen (secondary N) is 2. The van der Waals surface area contributed by atoms with Gasteiger partial charge in [-0.1, -0.05) is 12.1 Å². The lowest BCUT2D eigenvalue weighted by Gasteiger charge is -2.17. The number of aromatic nitrogens is 2. The van der Waals surface area contributed by atoms with Crippen LogP contribution in [0, 0.1) is 0 Å². The van der Waals surface area contributed by atoms with Crippen molar-refractivity contribution in [1.29, 1.82) is 0 Å². The standard InChI is InChI=1S/C24H22F3N3O3/c1-33-18-12-16(24(25,26)27)11-17(13-18)28-22(31)15-6-4-5-14(9-15)10-21-19-7-2-3-8-20(19)23(32)30-29-21/h4-6,9,11-13H,2-3,7-8,10H2,1H3,(H,28,31)(H,30,32). The van der Waals surface area contributed by atoms with E-state index in [1.54, 1.807) is 18.2 Å². The van der Waals surface area contributed by atoms with Crippen LogP contribution < -0.4 is 15.6 Å². The number of fused-ring (bicyclic) bond motifs is 1. The largest absolute Gasteiger partial charge is 0.497 e. The molecule has 0 saturated carbocycles. The predicted octanol–water partition coefficient (Wildman–Crippen LogP) is 4.52. The molecule has 0 radical (unpaired) electrons. The van der Waals surface area contributed by atoms with Gasteiger partial charge in [-0.05, 0) is 61.1 Å². The molecule has 0 unspecified atom stereocenters. The summed E-state index contributed by atoms with van der Waals surface area (Å²) >= 11 is 0. The van der Waals surface area contributed by atoms with E-state index in [9.17, 15) is 22.8 Å². The molecule has 6 nitrogen and oxygen atoms in total. The number of carbonyl (C=O) groups excluding carboxylic acids is 1. The molecule has 0 fully saturated rings. The van der Waals surface area contributed by atoms with Crippen LogP contribution in [0.4, 0.5) is 18.9 Å². The lowest BCUT2D eigenvalue weighted by Crippen LogP contribution is -2.23. The van der Waals surface area contributed by atoms with Crippen molar-refractivity contribution in [2.75, 3.05) is 12.4 Å². The Kier molecular flexibility index (Phi) is 6.22. The van der Waals surface area contributed by atoms with Crippen LogP contribution >= 0.6 is 0 Å². The van der Waals surface area contributed by atoms with Gasteiger partial charge in [0.1, 0.15) is 5.75 Å². The molecule has 9 heteroatoms. The van der Waals surface area contributed by atoms with Gasteiger partial charge in [0.15, 0.2) is 0 Å². The number of hydrogen-bond acceptors (Lipinski definition) is 4. The van der Waals surface area contributed by atoms with E-state index >= 15 is 0 Å². The molecule has 1 aliphatic rings. The van der Waals surface area contributed by atoms with Gasteiger partial charge < -0.3 is 10.1 Å². The van der Waals surface area contributed by atoms with E-state index in [4.69, 9.17) is 4.74 Å². The molecule has 0 spiro atoms. The Morgan fingerprint density at radius 3 is 2.61 bits per heavy atom. The van der Waals surface area contributed by atoms with Crippen LogP contribution in [0.2, 0.25) is 0 Å². The number of amides is 1. The minimum atomic E-state index is -4.57. The average molecular weight is 457 g/mol. The maximum atomic E-state index is 13.2. The number of ether oxygens (including phenoxy) is 1. The van der Waals surface area contributed by atoms with Gasteiger partial charge in [-0.15, -0.1) is 0 Å². The van der Waals surface area contributed by atoms with Crippen LogP contribution in [0.15, 0.2) is 47.3 Å². The van der Waals surface area contributed by atoms with Crippen molar-refractivity contribution >= 4 is 11.6 Å². The third kappa shape index (κ3) is 5.08. The summed E-state index contributed by atoms with van der Waals surface area (Å²) in [5.41, 5.74) is 2.52. The third-order valence-electron chi connectivity index (χ3n) is 5.67. The monoisotopic (exact) mass is 457 g/mol. The molecule has 2 N–H and O–H groups in total. The molecule has 1 amide bonds. The molecular weight excluding hydrogens is 435 g/mol. The predicted molar refractivity (Wildman–Crippen MR) is 117 cm³/mol.